The third-order valence-electron chi connectivity index (χ3n) is 7.43. The lowest BCUT2D eigenvalue weighted by molar-refractivity contribution is -0.129. The van der Waals surface area contributed by atoms with Gasteiger partial charge in [0.05, 0.1) is 12.0 Å². The van der Waals surface area contributed by atoms with Gasteiger partial charge in [-0.3, -0.25) is 4.79 Å². The minimum absolute atomic E-state index is 0.175. The van der Waals surface area contributed by atoms with E-state index in [4.69, 9.17) is 18.9 Å². The molecule has 0 spiro atoms. The van der Waals surface area contributed by atoms with Gasteiger partial charge in [-0.25, -0.2) is 14.6 Å². The predicted molar refractivity (Wildman–Crippen MR) is 159 cm³/mol. The first-order valence-electron chi connectivity index (χ1n) is 14.1. The number of benzene rings is 1. The van der Waals surface area contributed by atoms with Crippen LogP contribution in [-0.2, 0) is 9.53 Å². The number of anilines is 4. The van der Waals surface area contributed by atoms with E-state index in [1.165, 1.54) is 0 Å². The second-order valence-corrected chi connectivity index (χ2v) is 12.4. The van der Waals surface area contributed by atoms with Crippen molar-refractivity contribution in [3.05, 3.63) is 30.5 Å². The highest BCUT2D eigenvalue weighted by atomic mass is 16.6. The molecule has 2 aromatic heterocycles. The third kappa shape index (κ3) is 6.84. The highest BCUT2D eigenvalue weighted by Gasteiger charge is 2.38. The van der Waals surface area contributed by atoms with E-state index in [0.717, 1.165) is 0 Å². The first-order valence-corrected chi connectivity index (χ1v) is 14.1. The van der Waals surface area contributed by atoms with Crippen molar-refractivity contribution in [3.63, 3.8) is 0 Å². The lowest BCUT2D eigenvalue weighted by Gasteiger charge is -2.42. The number of carbonyl (C=O) groups is 3. The molecule has 1 saturated heterocycles. The second kappa shape index (κ2) is 11.2. The number of hydrogen-bond donors (Lipinski definition) is 5. The fraction of sp³-hybridized carbons (Fsp3) is 0.483. The largest absolute Gasteiger partial charge is 0.476 e. The average molecular weight is 596 g/mol. The van der Waals surface area contributed by atoms with E-state index in [1.54, 1.807) is 59.1 Å². The number of furan rings is 1. The number of ether oxygens (including phenoxy) is 2. The predicted octanol–water partition coefficient (Wildman–Crippen LogP) is 4.45. The smallest absolute Gasteiger partial charge is 0.407 e. The maximum Gasteiger partial charge on any atom is 0.407 e. The number of amides is 3. The maximum absolute atomic E-state index is 12.4. The number of piperidine rings is 1. The molecule has 1 aromatic carbocycles. The lowest BCUT2D eigenvalue weighted by atomic mass is 9.78. The number of rotatable bonds is 7. The van der Waals surface area contributed by atoms with Crippen molar-refractivity contribution in [1.82, 2.24) is 20.6 Å². The molecule has 43 heavy (non-hydrogen) atoms. The van der Waals surface area contributed by atoms with Gasteiger partial charge in [-0.2, -0.15) is 4.98 Å². The van der Waals surface area contributed by atoms with Crippen LogP contribution in [0.25, 0.3) is 11.1 Å². The molecule has 3 amide bonds. The molecule has 0 unspecified atom stereocenters. The Kier molecular flexibility index (Phi) is 7.71. The normalized spacial score (nSPS) is 17.3. The minimum atomic E-state index is -1.13. The summed E-state index contributed by atoms with van der Waals surface area (Å²) >= 11 is 0. The van der Waals surface area contributed by atoms with Gasteiger partial charge in [0.15, 0.2) is 17.0 Å². The molecule has 5 N–H and O–H groups in total. The molecule has 4 heterocycles. The third-order valence-corrected chi connectivity index (χ3v) is 7.43. The standard InChI is InChI=1S/C29H37N7O7/c1-27(2,3)43-26(40)31-16-29(15-30-25(38)39)9-11-36(12-10-29)22-21-18(8-13-41-21)34-24(35-22)32-17-6-7-20-19(14-17)33-23(37)28(4,5)42-20/h6-8,13-14,30H,9-12,15-16H2,1-5H3,(H,31,40)(H,33,37)(H,38,39)(H,32,34,35). The first-order chi connectivity index (χ1) is 20.2. The van der Waals surface area contributed by atoms with Crippen LogP contribution in [-0.4, -0.2) is 70.5 Å². The highest BCUT2D eigenvalue weighted by molar-refractivity contribution is 6.00. The number of carboxylic acid groups (broad SMARTS) is 1. The van der Waals surface area contributed by atoms with E-state index >= 15 is 0 Å². The van der Waals surface area contributed by atoms with Crippen LogP contribution >= 0.6 is 0 Å². The Balaban J connectivity index is 1.33. The SMILES string of the molecule is CC(C)(C)OC(=O)NCC1(CNC(=O)O)CCN(c2nc(Nc3ccc4c(c3)NC(=O)C(C)(C)O4)nc3ccoc23)CC1. The zero-order chi connectivity index (χ0) is 31.0. The van der Waals surface area contributed by atoms with Crippen molar-refractivity contribution >= 4 is 52.3 Å². The molecule has 2 aliphatic rings. The van der Waals surface area contributed by atoms with Crippen LogP contribution in [0.3, 0.4) is 0 Å². The number of nitrogens with one attached hydrogen (secondary N) is 4. The molecule has 14 heteroatoms. The summed E-state index contributed by atoms with van der Waals surface area (Å²) in [4.78, 5) is 47.5. The van der Waals surface area contributed by atoms with Crippen LogP contribution < -0.4 is 30.9 Å². The molecule has 3 aromatic rings. The van der Waals surface area contributed by atoms with Gasteiger partial charge in [0.25, 0.3) is 5.91 Å². The summed E-state index contributed by atoms with van der Waals surface area (Å²) in [7, 11) is 0. The number of hydrogen-bond acceptors (Lipinski definition) is 10. The number of aromatic nitrogens is 2. The number of carbonyl (C=O) groups excluding carboxylic acids is 2. The molecule has 2 aliphatic heterocycles. The van der Waals surface area contributed by atoms with Crippen molar-refractivity contribution in [2.45, 2.75) is 58.7 Å². The van der Waals surface area contributed by atoms with Crippen molar-refractivity contribution in [3.8, 4) is 5.75 Å². The van der Waals surface area contributed by atoms with Crippen LogP contribution in [0, 0.1) is 5.41 Å². The van der Waals surface area contributed by atoms with Gasteiger partial charge in [-0.15, -0.1) is 0 Å². The Morgan fingerprint density at radius 3 is 2.53 bits per heavy atom. The Morgan fingerprint density at radius 2 is 1.84 bits per heavy atom. The summed E-state index contributed by atoms with van der Waals surface area (Å²) in [5.74, 6) is 1.26. The van der Waals surface area contributed by atoms with Gasteiger partial charge >= 0.3 is 12.2 Å². The molecule has 0 radical (unpaired) electrons. The lowest BCUT2D eigenvalue weighted by Crippen LogP contribution is -2.52. The molecule has 0 saturated carbocycles. The van der Waals surface area contributed by atoms with Gasteiger partial charge in [-0.1, -0.05) is 0 Å². The van der Waals surface area contributed by atoms with Gasteiger partial charge in [0, 0.05) is 43.3 Å². The summed E-state index contributed by atoms with van der Waals surface area (Å²) in [5, 5.41) is 20.7. The quantitative estimate of drug-likeness (QED) is 0.260. The number of nitrogens with zero attached hydrogens (tertiary/aromatic N) is 3. The molecule has 0 bridgehead atoms. The Labute approximate surface area is 248 Å². The summed E-state index contributed by atoms with van der Waals surface area (Å²) < 4.78 is 16.9. The van der Waals surface area contributed by atoms with Gasteiger partial charge in [0.1, 0.15) is 16.9 Å². The van der Waals surface area contributed by atoms with Gasteiger partial charge in [0.2, 0.25) is 5.95 Å². The number of alkyl carbamates (subject to hydrolysis) is 1. The van der Waals surface area contributed by atoms with E-state index in [0.29, 0.717) is 65.9 Å². The fourth-order valence-electron chi connectivity index (χ4n) is 5.08. The Bertz CT molecular complexity index is 1540. The molecule has 0 aliphatic carbocycles. The van der Waals surface area contributed by atoms with E-state index in [-0.39, 0.29) is 19.0 Å². The van der Waals surface area contributed by atoms with Crippen molar-refractivity contribution < 1.29 is 33.4 Å². The van der Waals surface area contributed by atoms with E-state index in [9.17, 15) is 19.5 Å². The monoisotopic (exact) mass is 595 g/mol. The van der Waals surface area contributed by atoms with E-state index in [2.05, 4.69) is 31.2 Å². The van der Waals surface area contributed by atoms with Gasteiger partial charge < -0.3 is 45.2 Å². The Morgan fingerprint density at radius 1 is 1.12 bits per heavy atom. The van der Waals surface area contributed by atoms with Crippen molar-refractivity contribution in [2.75, 3.05) is 41.7 Å². The summed E-state index contributed by atoms with van der Waals surface area (Å²) in [6, 6.07) is 7.10. The summed E-state index contributed by atoms with van der Waals surface area (Å²) in [6.07, 6.45) is 1.01. The molecular formula is C29H37N7O7. The average Bonchev–Trinajstić information content (AvgIpc) is 3.39. The van der Waals surface area contributed by atoms with Crippen molar-refractivity contribution in [2.24, 2.45) is 5.41 Å². The zero-order valence-corrected chi connectivity index (χ0v) is 24.9. The Hall–Kier alpha value is -4.75. The maximum atomic E-state index is 12.4. The molecule has 230 valence electrons. The highest BCUT2D eigenvalue weighted by Crippen LogP contribution is 2.38. The minimum Gasteiger partial charge on any atom is -0.476 e. The molecule has 5 rings (SSSR count). The van der Waals surface area contributed by atoms with Crippen LogP contribution in [0.15, 0.2) is 34.9 Å². The van der Waals surface area contributed by atoms with Crippen LogP contribution in [0.4, 0.5) is 32.7 Å². The fourth-order valence-corrected chi connectivity index (χ4v) is 5.08. The molecule has 1 fully saturated rings. The van der Waals surface area contributed by atoms with E-state index < -0.39 is 28.8 Å². The molecular weight excluding hydrogens is 558 g/mol. The number of fused-ring (bicyclic) bond motifs is 2. The molecule has 0 atom stereocenters. The van der Waals surface area contributed by atoms with Crippen molar-refractivity contribution in [1.29, 1.82) is 0 Å². The van der Waals surface area contributed by atoms with Gasteiger partial charge in [-0.05, 0) is 65.7 Å². The summed E-state index contributed by atoms with van der Waals surface area (Å²) in [6.45, 7) is 10.2. The topological polar surface area (TPSA) is 180 Å². The first kappa shape index (κ1) is 29.7. The van der Waals surface area contributed by atoms with Crippen LogP contribution in [0.2, 0.25) is 0 Å². The molecule has 14 nitrogen and oxygen atoms in total. The van der Waals surface area contributed by atoms with E-state index in [1.807, 2.05) is 6.07 Å². The zero-order valence-electron chi connectivity index (χ0n) is 24.9. The summed E-state index contributed by atoms with van der Waals surface area (Å²) in [5.41, 5.74) is 0.204. The van der Waals surface area contributed by atoms with Crippen LogP contribution in [0.5, 0.6) is 5.75 Å². The second-order valence-electron chi connectivity index (χ2n) is 12.4. The van der Waals surface area contributed by atoms with Crippen LogP contribution in [0.1, 0.15) is 47.5 Å².